The number of hydrogen-bond donors (Lipinski definition) is 2. The second-order valence-corrected chi connectivity index (χ2v) is 6.89. The molecular formula is C19H18ClN3O5. The summed E-state index contributed by atoms with van der Waals surface area (Å²) in [6.45, 7) is 0.253. The molecule has 0 heterocycles. The molecule has 28 heavy (non-hydrogen) atoms. The van der Waals surface area contributed by atoms with Crippen molar-refractivity contribution in [2.24, 2.45) is 11.7 Å². The van der Waals surface area contributed by atoms with Crippen molar-refractivity contribution in [1.82, 2.24) is 0 Å². The number of anilines is 1. The fourth-order valence-electron chi connectivity index (χ4n) is 2.99. The highest BCUT2D eigenvalue weighted by Gasteiger charge is 2.45. The summed E-state index contributed by atoms with van der Waals surface area (Å²) >= 11 is 5.97. The van der Waals surface area contributed by atoms with Crippen LogP contribution in [0.3, 0.4) is 0 Å². The predicted molar refractivity (Wildman–Crippen MR) is 103 cm³/mol. The minimum atomic E-state index is -0.748. The van der Waals surface area contributed by atoms with Crippen molar-refractivity contribution < 1.29 is 19.2 Å². The Morgan fingerprint density at radius 3 is 2.75 bits per heavy atom. The molecule has 9 heteroatoms. The van der Waals surface area contributed by atoms with E-state index in [1.54, 1.807) is 6.07 Å². The van der Waals surface area contributed by atoms with Gasteiger partial charge < -0.3 is 15.8 Å². The maximum atomic E-state index is 12.1. The van der Waals surface area contributed by atoms with Crippen LogP contribution in [0, 0.1) is 16.0 Å². The van der Waals surface area contributed by atoms with Crippen LogP contribution in [0.15, 0.2) is 42.5 Å². The highest BCUT2D eigenvalue weighted by atomic mass is 35.5. The molecule has 1 aliphatic carbocycles. The Morgan fingerprint density at radius 2 is 2.07 bits per heavy atom. The number of hydrogen-bond acceptors (Lipinski definition) is 6. The monoisotopic (exact) mass is 403 g/mol. The van der Waals surface area contributed by atoms with Gasteiger partial charge in [-0.3, -0.25) is 19.7 Å². The Morgan fingerprint density at radius 1 is 1.29 bits per heavy atom. The summed E-state index contributed by atoms with van der Waals surface area (Å²) in [6.07, 6.45) is 0.715. The molecule has 1 amide bonds. The van der Waals surface area contributed by atoms with Gasteiger partial charge in [0.25, 0.3) is 5.69 Å². The Kier molecular flexibility index (Phi) is 5.79. The van der Waals surface area contributed by atoms with E-state index in [9.17, 15) is 19.7 Å². The summed E-state index contributed by atoms with van der Waals surface area (Å²) in [5.41, 5.74) is 6.14. The maximum absolute atomic E-state index is 12.1. The third-order valence-electron chi connectivity index (χ3n) is 4.51. The normalized spacial score (nSPS) is 17.6. The number of nitro groups is 1. The van der Waals surface area contributed by atoms with Crippen LogP contribution in [0.25, 0.3) is 0 Å². The minimum Gasteiger partial charge on any atom is -0.464 e. The quantitative estimate of drug-likeness (QED) is 0.302. The Hall–Kier alpha value is -3.13. The van der Waals surface area contributed by atoms with E-state index in [4.69, 9.17) is 22.1 Å². The zero-order valence-corrected chi connectivity index (χ0v) is 15.5. The van der Waals surface area contributed by atoms with E-state index in [0.29, 0.717) is 11.4 Å². The Bertz CT molecular complexity index is 934. The second kappa shape index (κ2) is 8.26. The van der Waals surface area contributed by atoms with Crippen LogP contribution < -0.4 is 11.1 Å². The van der Waals surface area contributed by atoms with Gasteiger partial charge in [-0.1, -0.05) is 23.7 Å². The largest absolute Gasteiger partial charge is 0.464 e. The van der Waals surface area contributed by atoms with Crippen LogP contribution in [0.1, 0.15) is 28.3 Å². The van der Waals surface area contributed by atoms with Crippen molar-refractivity contribution in [1.29, 1.82) is 0 Å². The number of nitro benzene ring substituents is 1. The van der Waals surface area contributed by atoms with Crippen LogP contribution in [0.5, 0.6) is 0 Å². The number of esters is 1. The summed E-state index contributed by atoms with van der Waals surface area (Å²) in [5, 5.41) is 14.6. The van der Waals surface area contributed by atoms with Gasteiger partial charge in [-0.05, 0) is 42.2 Å². The number of primary amides is 1. The Labute approximate surface area is 165 Å². The van der Waals surface area contributed by atoms with Gasteiger partial charge in [0.05, 0.1) is 10.8 Å². The summed E-state index contributed by atoms with van der Waals surface area (Å²) in [4.78, 5) is 33.8. The minimum absolute atomic E-state index is 0.0458. The number of nitrogens with two attached hydrogens (primary N) is 1. The number of benzene rings is 2. The lowest BCUT2D eigenvalue weighted by molar-refractivity contribution is -0.384. The molecule has 1 aliphatic rings. The second-order valence-electron chi connectivity index (χ2n) is 6.45. The average molecular weight is 404 g/mol. The van der Waals surface area contributed by atoms with Crippen molar-refractivity contribution in [3.8, 4) is 0 Å². The van der Waals surface area contributed by atoms with Crippen molar-refractivity contribution >= 4 is 34.9 Å². The molecule has 1 fully saturated rings. The molecule has 3 rings (SSSR count). The van der Waals surface area contributed by atoms with Crippen molar-refractivity contribution in [3.05, 3.63) is 68.7 Å². The molecule has 2 atom stereocenters. The van der Waals surface area contributed by atoms with Gasteiger partial charge in [0, 0.05) is 23.2 Å². The zero-order chi connectivity index (χ0) is 20.3. The number of ether oxygens (including phenoxy) is 1. The fourth-order valence-corrected chi connectivity index (χ4v) is 3.19. The van der Waals surface area contributed by atoms with Gasteiger partial charge in [0.2, 0.25) is 5.91 Å². The van der Waals surface area contributed by atoms with Gasteiger partial charge in [-0.15, -0.1) is 0 Å². The van der Waals surface area contributed by atoms with E-state index in [1.165, 1.54) is 12.1 Å². The molecule has 2 aromatic carbocycles. The molecule has 0 saturated heterocycles. The van der Waals surface area contributed by atoms with E-state index in [1.807, 2.05) is 18.2 Å². The zero-order valence-electron chi connectivity index (χ0n) is 14.8. The number of nitrogens with one attached hydrogen (secondary N) is 1. The molecule has 0 bridgehead atoms. The number of carbonyl (C=O) groups is 2. The molecule has 0 spiro atoms. The number of amides is 1. The predicted octanol–water partition coefficient (Wildman–Crippen LogP) is 3.11. The molecule has 3 N–H and O–H groups in total. The molecule has 146 valence electrons. The number of nitrogens with zero attached hydrogens (tertiary/aromatic N) is 1. The van der Waals surface area contributed by atoms with E-state index in [2.05, 4.69) is 5.32 Å². The molecule has 2 unspecified atom stereocenters. The molecule has 8 nitrogen and oxygen atoms in total. The van der Waals surface area contributed by atoms with Crippen LogP contribution in [-0.2, 0) is 9.53 Å². The topological polar surface area (TPSA) is 125 Å². The summed E-state index contributed by atoms with van der Waals surface area (Å²) in [6, 6.07) is 11.3. The van der Waals surface area contributed by atoms with E-state index < -0.39 is 10.8 Å². The smallest absolute Gasteiger partial charge is 0.309 e. The standard InChI is InChI=1S/C19H18ClN3O5/c20-13-3-1-2-11(8-13)14-10-15(14)19(25)28-7-6-22-16-5-4-12(18(21)24)9-17(16)23(26)27/h1-5,8-9,14-15,22H,6-7,10H2,(H2,21,24). The average Bonchev–Trinajstić information content (AvgIpc) is 3.46. The van der Waals surface area contributed by atoms with Crippen molar-refractivity contribution in [2.45, 2.75) is 12.3 Å². The highest BCUT2D eigenvalue weighted by Crippen LogP contribution is 2.48. The molecule has 1 saturated carbocycles. The first-order chi connectivity index (χ1) is 13.4. The molecular weight excluding hydrogens is 386 g/mol. The lowest BCUT2D eigenvalue weighted by atomic mass is 10.1. The molecule has 2 aromatic rings. The fraction of sp³-hybridized carbons (Fsp3) is 0.263. The first-order valence-corrected chi connectivity index (χ1v) is 8.99. The molecule has 0 aromatic heterocycles. The summed E-state index contributed by atoms with van der Waals surface area (Å²) in [7, 11) is 0. The number of rotatable bonds is 8. The van der Waals surface area contributed by atoms with Gasteiger partial charge in [-0.2, -0.15) is 0 Å². The summed E-state index contributed by atoms with van der Waals surface area (Å²) in [5.74, 6) is -1.13. The molecule has 0 radical (unpaired) electrons. The lowest BCUT2D eigenvalue weighted by Gasteiger charge is -2.09. The third kappa shape index (κ3) is 4.58. The van der Waals surface area contributed by atoms with Gasteiger partial charge >= 0.3 is 5.97 Å². The summed E-state index contributed by atoms with van der Waals surface area (Å²) < 4.78 is 5.25. The number of halogens is 1. The first kappa shape index (κ1) is 19.6. The van der Waals surface area contributed by atoms with Crippen LogP contribution in [0.2, 0.25) is 5.02 Å². The highest BCUT2D eigenvalue weighted by molar-refractivity contribution is 6.30. The first-order valence-electron chi connectivity index (χ1n) is 8.61. The SMILES string of the molecule is NC(=O)c1ccc(NCCOC(=O)C2CC2c2cccc(Cl)c2)c([N+](=O)[O-])c1. The third-order valence-corrected chi connectivity index (χ3v) is 4.75. The van der Waals surface area contributed by atoms with E-state index >= 15 is 0 Å². The van der Waals surface area contributed by atoms with E-state index in [-0.39, 0.29) is 47.9 Å². The number of carbonyl (C=O) groups excluding carboxylic acids is 2. The maximum Gasteiger partial charge on any atom is 0.309 e. The van der Waals surface area contributed by atoms with Crippen LogP contribution in [0.4, 0.5) is 11.4 Å². The lowest BCUT2D eigenvalue weighted by Crippen LogP contribution is -2.16. The van der Waals surface area contributed by atoms with Gasteiger partial charge in [0.1, 0.15) is 12.3 Å². The van der Waals surface area contributed by atoms with Gasteiger partial charge in [-0.25, -0.2) is 0 Å². The van der Waals surface area contributed by atoms with Crippen molar-refractivity contribution in [3.63, 3.8) is 0 Å². The Balaban J connectivity index is 1.49. The van der Waals surface area contributed by atoms with Crippen LogP contribution in [-0.4, -0.2) is 30.0 Å². The van der Waals surface area contributed by atoms with E-state index in [0.717, 1.165) is 11.6 Å². The molecule has 0 aliphatic heterocycles. The van der Waals surface area contributed by atoms with Gasteiger partial charge in [0.15, 0.2) is 0 Å². The van der Waals surface area contributed by atoms with Crippen LogP contribution >= 0.6 is 11.6 Å². The van der Waals surface area contributed by atoms with Crippen molar-refractivity contribution in [2.75, 3.05) is 18.5 Å².